The van der Waals surface area contributed by atoms with Crippen LogP contribution in [0.3, 0.4) is 0 Å². The SMILES string of the molecule is FC(F)(F)c1ccc(-c2nsnc2Cl)s1. The summed E-state index contributed by atoms with van der Waals surface area (Å²) in [6, 6.07) is 2.35. The maximum Gasteiger partial charge on any atom is 0.425 e. The van der Waals surface area contributed by atoms with Crippen molar-refractivity contribution in [1.29, 1.82) is 0 Å². The Morgan fingerprint density at radius 2 is 1.93 bits per heavy atom. The average molecular weight is 271 g/mol. The van der Waals surface area contributed by atoms with Gasteiger partial charge in [-0.15, -0.1) is 11.3 Å². The zero-order valence-corrected chi connectivity index (χ0v) is 9.27. The van der Waals surface area contributed by atoms with Gasteiger partial charge in [-0.2, -0.15) is 21.9 Å². The molecular formula is C7H2ClF3N2S2. The highest BCUT2D eigenvalue weighted by Gasteiger charge is 2.32. The van der Waals surface area contributed by atoms with E-state index in [9.17, 15) is 13.2 Å². The van der Waals surface area contributed by atoms with Gasteiger partial charge in [-0.1, -0.05) is 11.6 Å². The first kappa shape index (κ1) is 10.8. The van der Waals surface area contributed by atoms with E-state index in [1.165, 1.54) is 6.07 Å². The standard InChI is InChI=1S/C7H2ClF3N2S2/c8-6-5(12-15-13-6)3-1-2-4(14-3)7(9,10)11/h1-2H. The third-order valence-electron chi connectivity index (χ3n) is 1.57. The van der Waals surface area contributed by atoms with Crippen LogP contribution >= 0.6 is 34.7 Å². The van der Waals surface area contributed by atoms with Crippen molar-refractivity contribution in [2.24, 2.45) is 0 Å². The van der Waals surface area contributed by atoms with Crippen molar-refractivity contribution in [2.45, 2.75) is 6.18 Å². The van der Waals surface area contributed by atoms with E-state index in [4.69, 9.17) is 11.6 Å². The van der Waals surface area contributed by atoms with Gasteiger partial charge in [0, 0.05) is 0 Å². The van der Waals surface area contributed by atoms with Gasteiger partial charge < -0.3 is 0 Å². The zero-order chi connectivity index (χ0) is 11.1. The summed E-state index contributed by atoms with van der Waals surface area (Å²) in [5.74, 6) is 0. The Balaban J connectivity index is 2.41. The van der Waals surface area contributed by atoms with Crippen molar-refractivity contribution in [2.75, 3.05) is 0 Å². The van der Waals surface area contributed by atoms with E-state index in [1.807, 2.05) is 0 Å². The van der Waals surface area contributed by atoms with Crippen LogP contribution in [0, 0.1) is 0 Å². The third-order valence-corrected chi connectivity index (χ3v) is 3.60. The molecule has 0 radical (unpaired) electrons. The van der Waals surface area contributed by atoms with E-state index in [0.29, 0.717) is 21.9 Å². The molecule has 0 fully saturated rings. The smallest absolute Gasteiger partial charge is 0.170 e. The first-order valence-electron chi connectivity index (χ1n) is 3.64. The van der Waals surface area contributed by atoms with Crippen LogP contribution in [-0.4, -0.2) is 8.75 Å². The molecule has 0 N–H and O–H groups in total. The lowest BCUT2D eigenvalue weighted by atomic mass is 10.3. The number of aromatic nitrogens is 2. The highest BCUT2D eigenvalue weighted by atomic mass is 35.5. The van der Waals surface area contributed by atoms with E-state index in [-0.39, 0.29) is 5.15 Å². The maximum atomic E-state index is 12.3. The lowest BCUT2D eigenvalue weighted by Crippen LogP contribution is -2.00. The monoisotopic (exact) mass is 270 g/mol. The number of thiophene rings is 1. The maximum absolute atomic E-state index is 12.3. The van der Waals surface area contributed by atoms with Gasteiger partial charge in [-0.3, -0.25) is 0 Å². The minimum atomic E-state index is -4.32. The molecule has 0 unspecified atom stereocenters. The summed E-state index contributed by atoms with van der Waals surface area (Å²) >= 11 is 7.14. The van der Waals surface area contributed by atoms with Crippen molar-refractivity contribution in [3.8, 4) is 10.6 Å². The van der Waals surface area contributed by atoms with Gasteiger partial charge >= 0.3 is 6.18 Å². The van der Waals surface area contributed by atoms with Crippen molar-refractivity contribution >= 4 is 34.7 Å². The van der Waals surface area contributed by atoms with Crippen LogP contribution in [-0.2, 0) is 6.18 Å². The van der Waals surface area contributed by atoms with Crippen LogP contribution in [0.25, 0.3) is 10.6 Å². The molecule has 0 aliphatic heterocycles. The second-order valence-corrected chi connectivity index (χ2v) is 4.54. The summed E-state index contributed by atoms with van der Waals surface area (Å²) in [6.07, 6.45) is -4.32. The Morgan fingerprint density at radius 1 is 1.20 bits per heavy atom. The lowest BCUT2D eigenvalue weighted by molar-refractivity contribution is -0.134. The predicted molar refractivity (Wildman–Crippen MR) is 53.2 cm³/mol. The number of hydrogen-bond acceptors (Lipinski definition) is 4. The molecule has 0 saturated heterocycles. The Labute approximate surface area is 95.7 Å². The molecule has 15 heavy (non-hydrogen) atoms. The Morgan fingerprint density at radius 3 is 2.40 bits per heavy atom. The fourth-order valence-electron chi connectivity index (χ4n) is 0.942. The fourth-order valence-corrected chi connectivity index (χ4v) is 2.67. The van der Waals surface area contributed by atoms with E-state index in [1.54, 1.807) is 0 Å². The number of rotatable bonds is 1. The largest absolute Gasteiger partial charge is 0.425 e. The molecule has 2 nitrogen and oxygen atoms in total. The van der Waals surface area contributed by atoms with E-state index >= 15 is 0 Å². The summed E-state index contributed by atoms with van der Waals surface area (Å²) in [4.78, 5) is -0.289. The second-order valence-electron chi connectivity index (χ2n) is 2.57. The van der Waals surface area contributed by atoms with Crippen molar-refractivity contribution < 1.29 is 13.2 Å². The molecule has 0 atom stereocenters. The summed E-state index contributed by atoms with van der Waals surface area (Å²) in [6.45, 7) is 0. The molecule has 0 aromatic carbocycles. The normalized spacial score (nSPS) is 12.0. The van der Waals surface area contributed by atoms with Gasteiger partial charge in [0.2, 0.25) is 0 Å². The molecular weight excluding hydrogens is 269 g/mol. The van der Waals surface area contributed by atoms with Crippen LogP contribution < -0.4 is 0 Å². The molecule has 0 spiro atoms. The van der Waals surface area contributed by atoms with Gasteiger partial charge in [-0.25, -0.2) is 0 Å². The van der Waals surface area contributed by atoms with Crippen LogP contribution in [0.5, 0.6) is 0 Å². The topological polar surface area (TPSA) is 25.8 Å². The van der Waals surface area contributed by atoms with Crippen LogP contribution in [0.1, 0.15) is 4.88 Å². The molecule has 0 aliphatic rings. The van der Waals surface area contributed by atoms with Crippen molar-refractivity contribution in [3.05, 3.63) is 22.2 Å². The Hall–Kier alpha value is -0.660. The van der Waals surface area contributed by atoms with Gasteiger partial charge in [0.1, 0.15) is 10.6 Å². The van der Waals surface area contributed by atoms with Crippen LogP contribution in [0.2, 0.25) is 5.15 Å². The van der Waals surface area contributed by atoms with E-state index < -0.39 is 11.1 Å². The Kier molecular flexibility index (Phi) is 2.70. The summed E-state index contributed by atoms with van der Waals surface area (Å²) in [5.41, 5.74) is 0.308. The van der Waals surface area contributed by atoms with Gasteiger partial charge in [-0.05, 0) is 12.1 Å². The van der Waals surface area contributed by atoms with E-state index in [0.717, 1.165) is 17.8 Å². The van der Waals surface area contributed by atoms with Crippen molar-refractivity contribution in [1.82, 2.24) is 8.75 Å². The fraction of sp³-hybridized carbons (Fsp3) is 0.143. The first-order chi connectivity index (χ1) is 6.98. The molecule has 0 amide bonds. The molecule has 2 aromatic rings. The molecule has 80 valence electrons. The predicted octanol–water partition coefficient (Wildman–Crippen LogP) is 3.94. The van der Waals surface area contributed by atoms with Gasteiger partial charge in [0.15, 0.2) is 5.15 Å². The quantitative estimate of drug-likeness (QED) is 0.784. The molecule has 2 rings (SSSR count). The number of halogens is 4. The Bertz CT molecular complexity index is 477. The lowest BCUT2D eigenvalue weighted by Gasteiger charge is -2.00. The third kappa shape index (κ3) is 2.14. The first-order valence-corrected chi connectivity index (χ1v) is 5.56. The molecule has 0 aliphatic carbocycles. The number of hydrogen-bond donors (Lipinski definition) is 0. The molecule has 8 heteroatoms. The highest BCUT2D eigenvalue weighted by molar-refractivity contribution is 7.15. The van der Waals surface area contributed by atoms with Crippen LogP contribution in [0.4, 0.5) is 13.2 Å². The average Bonchev–Trinajstić information content (AvgIpc) is 2.69. The van der Waals surface area contributed by atoms with Gasteiger partial charge in [0.25, 0.3) is 0 Å². The summed E-state index contributed by atoms with van der Waals surface area (Å²) in [7, 11) is 0. The molecule has 0 bridgehead atoms. The number of alkyl halides is 3. The second kappa shape index (κ2) is 3.73. The molecule has 2 aromatic heterocycles. The highest BCUT2D eigenvalue weighted by Crippen LogP contribution is 2.39. The molecule has 0 saturated carbocycles. The van der Waals surface area contributed by atoms with E-state index in [2.05, 4.69) is 8.75 Å². The summed E-state index contributed by atoms with van der Waals surface area (Å²) < 4.78 is 44.4. The summed E-state index contributed by atoms with van der Waals surface area (Å²) in [5, 5.41) is 0.135. The number of nitrogens with zero attached hydrogens (tertiary/aromatic N) is 2. The molecule has 2 heterocycles. The van der Waals surface area contributed by atoms with Gasteiger partial charge in [0.05, 0.1) is 16.6 Å². The minimum absolute atomic E-state index is 0.135. The minimum Gasteiger partial charge on any atom is -0.170 e. The van der Waals surface area contributed by atoms with Crippen LogP contribution in [0.15, 0.2) is 12.1 Å². The zero-order valence-electron chi connectivity index (χ0n) is 6.88. The van der Waals surface area contributed by atoms with Crippen molar-refractivity contribution in [3.63, 3.8) is 0 Å².